The van der Waals surface area contributed by atoms with Crippen molar-refractivity contribution in [3.63, 3.8) is 0 Å². The molecule has 0 fully saturated rings. The average Bonchev–Trinajstić information content (AvgIpc) is 3.22. The number of aryl methyl sites for hydroxylation is 3. The van der Waals surface area contributed by atoms with Crippen LogP contribution in [-0.4, -0.2) is 40.3 Å². The molecule has 0 bridgehead atoms. The van der Waals surface area contributed by atoms with Crippen LogP contribution in [0.15, 0.2) is 18.3 Å². The molecule has 2 amide bonds. The molecule has 3 heterocycles. The van der Waals surface area contributed by atoms with E-state index in [0.29, 0.717) is 34.9 Å². The van der Waals surface area contributed by atoms with Gasteiger partial charge in [-0.1, -0.05) is 6.07 Å². The predicted octanol–water partition coefficient (Wildman–Crippen LogP) is 3.95. The largest absolute Gasteiger partial charge is 0.462 e. The number of carbonyl (C=O) groups is 3. The van der Waals surface area contributed by atoms with E-state index in [0.717, 1.165) is 21.7 Å². The molecule has 2 N–H and O–H groups in total. The lowest BCUT2D eigenvalue weighted by Crippen LogP contribution is -2.27. The van der Waals surface area contributed by atoms with Gasteiger partial charge in [-0.3, -0.25) is 14.0 Å². The quantitative estimate of drug-likeness (QED) is 0.395. The molecule has 0 atom stereocenters. The van der Waals surface area contributed by atoms with E-state index in [2.05, 4.69) is 15.6 Å². The number of carbonyl (C=O) groups excluding carboxylic acids is 3. The second-order valence-corrected chi connectivity index (χ2v) is 8.77. The minimum absolute atomic E-state index is 0.212. The van der Waals surface area contributed by atoms with Gasteiger partial charge in [0.1, 0.15) is 16.3 Å². The standard InChI is InChI=1S/C23H28N4O4S/c1-6-31-23(30)18-14(3)16(5)32-22(18)26-17(28)10-7-11-24-21(29)19-15(4)25-20-13(2)9-8-12-27(19)20/h8-9,12H,6-7,10-11H2,1-5H3,(H,24,29)(H,26,28). The van der Waals surface area contributed by atoms with E-state index in [4.69, 9.17) is 4.74 Å². The number of aromatic nitrogens is 2. The van der Waals surface area contributed by atoms with Crippen LogP contribution in [-0.2, 0) is 9.53 Å². The van der Waals surface area contributed by atoms with Crippen LogP contribution in [0.5, 0.6) is 0 Å². The molecule has 3 aromatic rings. The molecular formula is C23H28N4O4S. The molecule has 0 unspecified atom stereocenters. The van der Waals surface area contributed by atoms with Crippen molar-refractivity contribution in [3.05, 3.63) is 51.3 Å². The van der Waals surface area contributed by atoms with Gasteiger partial charge in [-0.15, -0.1) is 11.3 Å². The number of imidazole rings is 1. The summed E-state index contributed by atoms with van der Waals surface area (Å²) in [5.74, 6) is -0.877. The summed E-state index contributed by atoms with van der Waals surface area (Å²) in [7, 11) is 0. The van der Waals surface area contributed by atoms with Crippen molar-refractivity contribution in [1.82, 2.24) is 14.7 Å². The molecule has 0 spiro atoms. The molecule has 0 saturated heterocycles. The fourth-order valence-electron chi connectivity index (χ4n) is 3.48. The predicted molar refractivity (Wildman–Crippen MR) is 125 cm³/mol. The number of pyridine rings is 1. The summed E-state index contributed by atoms with van der Waals surface area (Å²) in [6, 6.07) is 3.83. The number of thiophene rings is 1. The first-order valence-electron chi connectivity index (χ1n) is 10.5. The number of amides is 2. The van der Waals surface area contributed by atoms with Gasteiger partial charge in [0.15, 0.2) is 0 Å². The molecule has 8 nitrogen and oxygen atoms in total. The highest BCUT2D eigenvalue weighted by Crippen LogP contribution is 2.33. The number of hydrogen-bond acceptors (Lipinski definition) is 6. The van der Waals surface area contributed by atoms with Crippen molar-refractivity contribution >= 4 is 39.8 Å². The van der Waals surface area contributed by atoms with Crippen LogP contribution < -0.4 is 10.6 Å². The summed E-state index contributed by atoms with van der Waals surface area (Å²) in [5.41, 5.74) is 4.13. The van der Waals surface area contributed by atoms with Gasteiger partial charge in [-0.2, -0.15) is 0 Å². The van der Waals surface area contributed by atoms with Crippen molar-refractivity contribution in [2.75, 3.05) is 18.5 Å². The number of fused-ring (bicyclic) bond motifs is 1. The first kappa shape index (κ1) is 23.5. The zero-order valence-electron chi connectivity index (χ0n) is 19.0. The Hall–Kier alpha value is -3.20. The molecule has 9 heteroatoms. The van der Waals surface area contributed by atoms with Crippen LogP contribution in [0.4, 0.5) is 5.00 Å². The average molecular weight is 457 g/mol. The zero-order valence-corrected chi connectivity index (χ0v) is 19.8. The van der Waals surface area contributed by atoms with Gasteiger partial charge in [0, 0.05) is 24.0 Å². The van der Waals surface area contributed by atoms with Crippen molar-refractivity contribution in [2.24, 2.45) is 0 Å². The van der Waals surface area contributed by atoms with E-state index >= 15 is 0 Å². The number of nitrogens with zero attached hydrogens (tertiary/aromatic N) is 2. The normalized spacial score (nSPS) is 10.9. The van der Waals surface area contributed by atoms with Crippen LogP contribution in [0, 0.1) is 27.7 Å². The van der Waals surface area contributed by atoms with Crippen LogP contribution in [0.1, 0.15) is 62.3 Å². The second-order valence-electron chi connectivity index (χ2n) is 7.55. The smallest absolute Gasteiger partial charge is 0.341 e. The SMILES string of the molecule is CCOC(=O)c1c(NC(=O)CCCNC(=O)c2c(C)nc3c(C)cccn23)sc(C)c1C. The fraction of sp³-hybridized carbons (Fsp3) is 0.391. The molecular weight excluding hydrogens is 428 g/mol. The maximum absolute atomic E-state index is 12.7. The highest BCUT2D eigenvalue weighted by Gasteiger charge is 2.22. The van der Waals surface area contributed by atoms with Gasteiger partial charge in [-0.25, -0.2) is 9.78 Å². The van der Waals surface area contributed by atoms with E-state index in [9.17, 15) is 14.4 Å². The molecule has 170 valence electrons. The molecule has 0 saturated carbocycles. The maximum atomic E-state index is 12.7. The third kappa shape index (κ3) is 4.83. The fourth-order valence-corrected chi connectivity index (χ4v) is 4.54. The van der Waals surface area contributed by atoms with E-state index < -0.39 is 5.97 Å². The summed E-state index contributed by atoms with van der Waals surface area (Å²) in [5, 5.41) is 6.19. The summed E-state index contributed by atoms with van der Waals surface area (Å²) < 4.78 is 6.90. The Morgan fingerprint density at radius 2 is 1.94 bits per heavy atom. The first-order chi connectivity index (χ1) is 15.2. The highest BCUT2D eigenvalue weighted by atomic mass is 32.1. The minimum Gasteiger partial charge on any atom is -0.462 e. The van der Waals surface area contributed by atoms with Gasteiger partial charge in [0.05, 0.1) is 17.9 Å². The number of ether oxygens (including phenoxy) is 1. The first-order valence-corrected chi connectivity index (χ1v) is 11.4. The van der Waals surface area contributed by atoms with Gasteiger partial charge >= 0.3 is 5.97 Å². The summed E-state index contributed by atoms with van der Waals surface area (Å²) in [6.45, 7) is 9.86. The number of esters is 1. The minimum atomic E-state index is -0.435. The van der Waals surface area contributed by atoms with Crippen LogP contribution in [0.25, 0.3) is 5.65 Å². The number of hydrogen-bond donors (Lipinski definition) is 2. The topological polar surface area (TPSA) is 102 Å². The van der Waals surface area contributed by atoms with Crippen molar-refractivity contribution in [3.8, 4) is 0 Å². The van der Waals surface area contributed by atoms with Crippen LogP contribution >= 0.6 is 11.3 Å². The Morgan fingerprint density at radius 1 is 1.19 bits per heavy atom. The molecule has 0 aromatic carbocycles. The Bertz CT molecular complexity index is 1180. The van der Waals surface area contributed by atoms with E-state index in [1.165, 1.54) is 11.3 Å². The number of anilines is 1. The monoisotopic (exact) mass is 456 g/mol. The lowest BCUT2D eigenvalue weighted by Gasteiger charge is -2.08. The van der Waals surface area contributed by atoms with Crippen molar-refractivity contribution in [2.45, 2.75) is 47.5 Å². The van der Waals surface area contributed by atoms with Gasteiger partial charge in [-0.05, 0) is 58.2 Å². The van der Waals surface area contributed by atoms with Crippen molar-refractivity contribution in [1.29, 1.82) is 0 Å². The third-order valence-corrected chi connectivity index (χ3v) is 6.34. The Morgan fingerprint density at radius 3 is 2.66 bits per heavy atom. The molecule has 0 aliphatic carbocycles. The Labute approximate surface area is 191 Å². The summed E-state index contributed by atoms with van der Waals surface area (Å²) >= 11 is 1.36. The van der Waals surface area contributed by atoms with Gasteiger partial charge in [0.2, 0.25) is 5.91 Å². The zero-order chi connectivity index (χ0) is 23.4. The number of nitrogens with one attached hydrogen (secondary N) is 2. The molecule has 0 radical (unpaired) electrons. The summed E-state index contributed by atoms with van der Waals surface area (Å²) in [6.07, 6.45) is 2.49. The molecule has 3 aromatic heterocycles. The molecule has 32 heavy (non-hydrogen) atoms. The van der Waals surface area contributed by atoms with E-state index in [1.807, 2.05) is 39.1 Å². The highest BCUT2D eigenvalue weighted by molar-refractivity contribution is 7.16. The van der Waals surface area contributed by atoms with E-state index in [-0.39, 0.29) is 24.8 Å². The van der Waals surface area contributed by atoms with Crippen LogP contribution in [0.3, 0.4) is 0 Å². The van der Waals surface area contributed by atoms with E-state index in [1.54, 1.807) is 18.2 Å². The lowest BCUT2D eigenvalue weighted by molar-refractivity contribution is -0.116. The van der Waals surface area contributed by atoms with Crippen LogP contribution in [0.2, 0.25) is 0 Å². The van der Waals surface area contributed by atoms with Gasteiger partial charge < -0.3 is 15.4 Å². The Balaban J connectivity index is 1.56. The van der Waals surface area contributed by atoms with Gasteiger partial charge in [0.25, 0.3) is 5.91 Å². The Kier molecular flexibility index (Phi) is 7.29. The lowest BCUT2D eigenvalue weighted by atomic mass is 10.1. The number of rotatable bonds is 8. The third-order valence-electron chi connectivity index (χ3n) is 5.22. The molecule has 0 aliphatic rings. The maximum Gasteiger partial charge on any atom is 0.341 e. The van der Waals surface area contributed by atoms with Crippen molar-refractivity contribution < 1.29 is 19.1 Å². The summed E-state index contributed by atoms with van der Waals surface area (Å²) in [4.78, 5) is 42.8. The molecule has 0 aliphatic heterocycles. The molecule has 3 rings (SSSR count). The second kappa shape index (κ2) is 9.95.